The fraction of sp³-hybridized carbons (Fsp3) is 0.0612. The first-order valence-corrected chi connectivity index (χ1v) is 17.9. The average molecular weight is 668 g/mol. The van der Waals surface area contributed by atoms with E-state index in [2.05, 4.69) is 170 Å². The number of fused-ring (bicyclic) bond motifs is 10. The summed E-state index contributed by atoms with van der Waals surface area (Å²) in [6, 6.07) is 58.8. The Kier molecular flexibility index (Phi) is 6.01. The van der Waals surface area contributed by atoms with Gasteiger partial charge < -0.3 is 13.7 Å². The van der Waals surface area contributed by atoms with Gasteiger partial charge in [0.15, 0.2) is 0 Å². The van der Waals surface area contributed by atoms with Crippen molar-refractivity contribution < 1.29 is 8.83 Å². The number of para-hydroxylation sites is 2. The highest BCUT2D eigenvalue weighted by Crippen LogP contribution is 2.54. The predicted octanol–water partition coefficient (Wildman–Crippen LogP) is 14.1. The van der Waals surface area contributed by atoms with E-state index >= 15 is 0 Å². The van der Waals surface area contributed by atoms with Crippen LogP contribution in [0.1, 0.15) is 25.0 Å². The molecule has 0 spiro atoms. The summed E-state index contributed by atoms with van der Waals surface area (Å²) in [7, 11) is 0. The summed E-state index contributed by atoms with van der Waals surface area (Å²) in [5.74, 6) is 0. The van der Waals surface area contributed by atoms with Gasteiger partial charge in [0.2, 0.25) is 0 Å². The van der Waals surface area contributed by atoms with E-state index in [1.807, 2.05) is 12.1 Å². The molecule has 10 aromatic rings. The first kappa shape index (κ1) is 29.2. The Balaban J connectivity index is 1.10. The maximum Gasteiger partial charge on any atom is 0.143 e. The van der Waals surface area contributed by atoms with Gasteiger partial charge in [0.1, 0.15) is 22.3 Å². The second-order valence-electron chi connectivity index (χ2n) is 14.5. The average Bonchev–Trinajstić information content (AvgIpc) is 3.82. The maximum atomic E-state index is 6.61. The molecule has 52 heavy (non-hydrogen) atoms. The van der Waals surface area contributed by atoms with E-state index in [0.29, 0.717) is 0 Å². The molecule has 0 saturated carbocycles. The lowest BCUT2D eigenvalue weighted by molar-refractivity contribution is 0.660. The monoisotopic (exact) mass is 667 g/mol. The topological polar surface area (TPSA) is 29.5 Å². The van der Waals surface area contributed by atoms with Gasteiger partial charge in [-0.1, -0.05) is 123 Å². The molecular weight excluding hydrogens is 635 g/mol. The molecule has 0 atom stereocenters. The van der Waals surface area contributed by atoms with Gasteiger partial charge in [0, 0.05) is 49.5 Å². The van der Waals surface area contributed by atoms with Crippen molar-refractivity contribution in [2.24, 2.45) is 0 Å². The molecule has 0 saturated heterocycles. The lowest BCUT2D eigenvalue weighted by atomic mass is 9.82. The van der Waals surface area contributed by atoms with Crippen LogP contribution in [0.4, 0.5) is 17.1 Å². The number of furan rings is 2. The quantitative estimate of drug-likeness (QED) is 0.187. The lowest BCUT2D eigenvalue weighted by Gasteiger charge is -2.29. The molecule has 11 rings (SSSR count). The van der Waals surface area contributed by atoms with E-state index in [1.54, 1.807) is 0 Å². The summed E-state index contributed by atoms with van der Waals surface area (Å²) >= 11 is 0. The van der Waals surface area contributed by atoms with Crippen LogP contribution in [0.2, 0.25) is 0 Å². The van der Waals surface area contributed by atoms with Gasteiger partial charge in [0.05, 0.1) is 5.69 Å². The highest BCUT2D eigenvalue weighted by molar-refractivity contribution is 6.13. The molecule has 3 heteroatoms. The summed E-state index contributed by atoms with van der Waals surface area (Å²) in [6.07, 6.45) is 0. The van der Waals surface area contributed by atoms with Gasteiger partial charge in [-0.15, -0.1) is 0 Å². The Labute approximate surface area is 301 Å². The number of hydrogen-bond donors (Lipinski definition) is 0. The second kappa shape index (κ2) is 10.7. The largest absolute Gasteiger partial charge is 0.456 e. The highest BCUT2D eigenvalue weighted by Gasteiger charge is 2.37. The summed E-state index contributed by atoms with van der Waals surface area (Å²) in [5, 5.41) is 6.89. The number of benzene rings is 8. The number of anilines is 3. The van der Waals surface area contributed by atoms with Crippen LogP contribution in [0, 0.1) is 0 Å². The molecule has 2 aromatic heterocycles. The van der Waals surface area contributed by atoms with Gasteiger partial charge >= 0.3 is 0 Å². The predicted molar refractivity (Wildman–Crippen MR) is 216 cm³/mol. The smallest absolute Gasteiger partial charge is 0.143 e. The molecule has 0 unspecified atom stereocenters. The Morgan fingerprint density at radius 2 is 1.10 bits per heavy atom. The minimum atomic E-state index is -0.112. The van der Waals surface area contributed by atoms with Crippen LogP contribution in [-0.4, -0.2) is 0 Å². The minimum absolute atomic E-state index is 0.112. The van der Waals surface area contributed by atoms with Gasteiger partial charge in [-0.3, -0.25) is 0 Å². The molecule has 0 N–H and O–H groups in total. The van der Waals surface area contributed by atoms with Gasteiger partial charge in [-0.25, -0.2) is 0 Å². The Bertz CT molecular complexity index is 3050. The lowest BCUT2D eigenvalue weighted by Crippen LogP contribution is -2.16. The number of nitrogens with zero attached hydrogens (tertiary/aromatic N) is 1. The van der Waals surface area contributed by atoms with Crippen LogP contribution >= 0.6 is 0 Å². The van der Waals surface area contributed by atoms with Gasteiger partial charge in [-0.05, 0) is 87.6 Å². The normalized spacial score (nSPS) is 13.3. The Morgan fingerprint density at radius 3 is 1.98 bits per heavy atom. The van der Waals surface area contributed by atoms with E-state index < -0.39 is 0 Å². The van der Waals surface area contributed by atoms with Crippen molar-refractivity contribution in [1.29, 1.82) is 0 Å². The molecule has 0 radical (unpaired) electrons. The van der Waals surface area contributed by atoms with E-state index in [0.717, 1.165) is 72.1 Å². The van der Waals surface area contributed by atoms with E-state index in [4.69, 9.17) is 8.83 Å². The Morgan fingerprint density at radius 1 is 0.442 bits per heavy atom. The second-order valence-corrected chi connectivity index (χ2v) is 14.5. The fourth-order valence-corrected chi connectivity index (χ4v) is 8.70. The zero-order valence-electron chi connectivity index (χ0n) is 28.9. The van der Waals surface area contributed by atoms with Crippen LogP contribution in [0.3, 0.4) is 0 Å². The summed E-state index contributed by atoms with van der Waals surface area (Å²) in [6.45, 7) is 4.68. The van der Waals surface area contributed by atoms with Crippen LogP contribution in [-0.2, 0) is 5.41 Å². The van der Waals surface area contributed by atoms with E-state index in [9.17, 15) is 0 Å². The zero-order valence-corrected chi connectivity index (χ0v) is 28.9. The molecule has 0 fully saturated rings. The SMILES string of the molecule is CC1(C)c2ccccc2-c2c(N(c3ccc(-c4cccc5c4oc4cc6ccccc6cc45)cc3)c3ccc4oc5ccccc5c4c3)cccc21. The minimum Gasteiger partial charge on any atom is -0.456 e. The van der Waals surface area contributed by atoms with Crippen molar-refractivity contribution in [1.82, 2.24) is 0 Å². The summed E-state index contributed by atoms with van der Waals surface area (Å²) in [4.78, 5) is 2.41. The molecular formula is C49H33NO2. The fourth-order valence-electron chi connectivity index (χ4n) is 8.70. The zero-order chi connectivity index (χ0) is 34.6. The van der Waals surface area contributed by atoms with Crippen molar-refractivity contribution in [3.63, 3.8) is 0 Å². The maximum absolute atomic E-state index is 6.61. The van der Waals surface area contributed by atoms with Crippen molar-refractivity contribution in [2.75, 3.05) is 4.90 Å². The third-order valence-electron chi connectivity index (χ3n) is 11.2. The first-order chi connectivity index (χ1) is 25.5. The number of rotatable bonds is 4. The molecule has 2 heterocycles. The van der Waals surface area contributed by atoms with Gasteiger partial charge in [0.25, 0.3) is 0 Å². The van der Waals surface area contributed by atoms with Crippen molar-refractivity contribution in [2.45, 2.75) is 19.3 Å². The van der Waals surface area contributed by atoms with Crippen LogP contribution in [0.15, 0.2) is 173 Å². The molecule has 1 aliphatic rings. The third kappa shape index (κ3) is 4.14. The van der Waals surface area contributed by atoms with Crippen LogP contribution < -0.4 is 4.90 Å². The van der Waals surface area contributed by atoms with Crippen molar-refractivity contribution >= 4 is 71.7 Å². The number of hydrogen-bond acceptors (Lipinski definition) is 3. The van der Waals surface area contributed by atoms with Crippen LogP contribution in [0.25, 0.3) is 76.9 Å². The molecule has 0 aliphatic heterocycles. The standard InChI is InChI=1S/C49H33NO2/c1-49(2)41-17-7-5-14-38(41)47-42(49)18-10-19-43(47)50(34-25-26-45-40(29-34)36-13-6-8-20-44(36)51-45)33-23-21-30(22-24-33)35-15-9-16-37-39-27-31-11-3-4-12-32(31)28-46(39)52-48(35)37/h3-29H,1-2H3. The van der Waals surface area contributed by atoms with Gasteiger partial charge in [-0.2, -0.15) is 0 Å². The third-order valence-corrected chi connectivity index (χ3v) is 11.2. The molecule has 3 nitrogen and oxygen atoms in total. The molecule has 0 bridgehead atoms. The molecule has 0 amide bonds. The van der Waals surface area contributed by atoms with Crippen molar-refractivity contribution in [3.8, 4) is 22.3 Å². The molecule has 8 aromatic carbocycles. The summed E-state index contributed by atoms with van der Waals surface area (Å²) in [5.41, 5.74) is 14.3. The van der Waals surface area contributed by atoms with Crippen LogP contribution in [0.5, 0.6) is 0 Å². The Hall–Kier alpha value is -6.58. The molecule has 246 valence electrons. The van der Waals surface area contributed by atoms with E-state index in [1.165, 1.54) is 33.0 Å². The van der Waals surface area contributed by atoms with E-state index in [-0.39, 0.29) is 5.41 Å². The van der Waals surface area contributed by atoms with Crippen molar-refractivity contribution in [3.05, 3.63) is 175 Å². The summed E-state index contributed by atoms with van der Waals surface area (Å²) < 4.78 is 12.9. The highest BCUT2D eigenvalue weighted by atomic mass is 16.3. The first-order valence-electron chi connectivity index (χ1n) is 17.9. The molecule has 1 aliphatic carbocycles.